The molecule has 0 fully saturated rings. The molecule has 0 spiro atoms. The minimum Gasteiger partial charge on any atom is -0.493 e. The van der Waals surface area contributed by atoms with Crippen molar-refractivity contribution in [1.29, 1.82) is 0 Å². The maximum absolute atomic E-state index is 5.33. The van der Waals surface area contributed by atoms with Crippen molar-refractivity contribution in [3.05, 3.63) is 53.9 Å². The molecule has 0 saturated heterocycles. The van der Waals surface area contributed by atoms with Gasteiger partial charge < -0.3 is 20.1 Å². The van der Waals surface area contributed by atoms with Gasteiger partial charge in [-0.25, -0.2) is 0 Å². The molecule has 1 heterocycles. The molecule has 1 aromatic heterocycles. The summed E-state index contributed by atoms with van der Waals surface area (Å²) in [6.45, 7) is 1.56. The number of guanidine groups is 1. The molecular weight excluding hydrogens is 443 g/mol. The van der Waals surface area contributed by atoms with E-state index in [4.69, 9.17) is 9.47 Å². The van der Waals surface area contributed by atoms with Crippen LogP contribution in [0.5, 0.6) is 11.5 Å². The lowest BCUT2D eigenvalue weighted by Crippen LogP contribution is -2.39. The number of hydrogen-bond acceptors (Lipinski definition) is 4. The van der Waals surface area contributed by atoms with E-state index in [1.54, 1.807) is 21.3 Å². The van der Waals surface area contributed by atoms with Crippen LogP contribution in [0.1, 0.15) is 11.3 Å². The molecule has 0 aliphatic carbocycles. The highest BCUT2D eigenvalue weighted by atomic mass is 127. The molecule has 2 rings (SSSR count). The smallest absolute Gasteiger partial charge is 0.190 e. The molecule has 142 valence electrons. The van der Waals surface area contributed by atoms with E-state index < -0.39 is 0 Å². The van der Waals surface area contributed by atoms with E-state index in [0.717, 1.165) is 49.1 Å². The van der Waals surface area contributed by atoms with Crippen molar-refractivity contribution in [3.8, 4) is 11.5 Å². The molecule has 0 amide bonds. The summed E-state index contributed by atoms with van der Waals surface area (Å²) in [5, 5.41) is 6.62. The van der Waals surface area contributed by atoms with Gasteiger partial charge in [0.25, 0.3) is 0 Å². The Morgan fingerprint density at radius 1 is 1.00 bits per heavy atom. The van der Waals surface area contributed by atoms with Crippen molar-refractivity contribution in [1.82, 2.24) is 15.6 Å². The average Bonchev–Trinajstić information content (AvgIpc) is 2.67. The second-order valence-corrected chi connectivity index (χ2v) is 5.44. The molecule has 0 unspecified atom stereocenters. The van der Waals surface area contributed by atoms with E-state index >= 15 is 0 Å². The van der Waals surface area contributed by atoms with Crippen LogP contribution in [0, 0.1) is 0 Å². The van der Waals surface area contributed by atoms with Gasteiger partial charge in [0.2, 0.25) is 0 Å². The molecule has 2 aromatic rings. The van der Waals surface area contributed by atoms with Crippen molar-refractivity contribution in [2.24, 2.45) is 4.99 Å². The third-order valence-corrected chi connectivity index (χ3v) is 3.78. The molecule has 2 N–H and O–H groups in total. The summed E-state index contributed by atoms with van der Waals surface area (Å²) < 4.78 is 10.6. The van der Waals surface area contributed by atoms with Crippen LogP contribution in [-0.2, 0) is 12.8 Å². The van der Waals surface area contributed by atoms with E-state index in [2.05, 4.69) is 20.6 Å². The Labute approximate surface area is 172 Å². The first-order valence-corrected chi connectivity index (χ1v) is 8.32. The van der Waals surface area contributed by atoms with Gasteiger partial charge in [-0.05, 0) is 36.2 Å². The van der Waals surface area contributed by atoms with Gasteiger partial charge in [0.05, 0.1) is 14.2 Å². The zero-order chi connectivity index (χ0) is 17.9. The minimum absolute atomic E-state index is 0. The first-order chi connectivity index (χ1) is 12.3. The maximum Gasteiger partial charge on any atom is 0.190 e. The molecule has 0 saturated carbocycles. The molecule has 6 nitrogen and oxygen atoms in total. The van der Waals surface area contributed by atoms with Crippen LogP contribution >= 0.6 is 24.0 Å². The van der Waals surface area contributed by atoms with Crippen LogP contribution in [0.25, 0.3) is 0 Å². The number of halogens is 1. The fraction of sp³-hybridized carbons (Fsp3) is 0.368. The fourth-order valence-corrected chi connectivity index (χ4v) is 2.44. The van der Waals surface area contributed by atoms with E-state index in [0.29, 0.717) is 0 Å². The normalized spacial score (nSPS) is 10.7. The minimum atomic E-state index is 0. The summed E-state index contributed by atoms with van der Waals surface area (Å²) in [6.07, 6.45) is 3.53. The van der Waals surface area contributed by atoms with E-state index in [-0.39, 0.29) is 24.0 Å². The summed E-state index contributed by atoms with van der Waals surface area (Å²) in [7, 11) is 5.06. The van der Waals surface area contributed by atoms with Gasteiger partial charge in [0.1, 0.15) is 0 Å². The lowest BCUT2D eigenvalue weighted by Gasteiger charge is -2.13. The predicted molar refractivity (Wildman–Crippen MR) is 116 cm³/mol. The van der Waals surface area contributed by atoms with Crippen LogP contribution in [0.15, 0.2) is 47.6 Å². The number of hydrogen-bond donors (Lipinski definition) is 2. The first-order valence-electron chi connectivity index (χ1n) is 8.32. The van der Waals surface area contributed by atoms with Gasteiger partial charge in [-0.2, -0.15) is 0 Å². The van der Waals surface area contributed by atoms with E-state index in [1.807, 2.05) is 42.6 Å². The highest BCUT2D eigenvalue weighted by Gasteiger charge is 2.05. The number of aliphatic imine (C=N–C) groups is 1. The summed E-state index contributed by atoms with van der Waals surface area (Å²) in [6, 6.07) is 11.9. The topological polar surface area (TPSA) is 67.8 Å². The number of nitrogens with zero attached hydrogens (tertiary/aromatic N) is 2. The van der Waals surface area contributed by atoms with Gasteiger partial charge >= 0.3 is 0 Å². The Hall–Kier alpha value is -2.03. The molecule has 26 heavy (non-hydrogen) atoms. The second-order valence-electron chi connectivity index (χ2n) is 5.44. The van der Waals surface area contributed by atoms with Crippen molar-refractivity contribution in [3.63, 3.8) is 0 Å². The summed E-state index contributed by atoms with van der Waals surface area (Å²) in [5.74, 6) is 2.28. The van der Waals surface area contributed by atoms with Crippen molar-refractivity contribution in [2.45, 2.75) is 12.8 Å². The van der Waals surface area contributed by atoms with Gasteiger partial charge in [0, 0.05) is 38.4 Å². The monoisotopic (exact) mass is 470 g/mol. The second kappa shape index (κ2) is 12.3. The molecule has 1 aromatic carbocycles. The highest BCUT2D eigenvalue weighted by molar-refractivity contribution is 14.0. The Morgan fingerprint density at radius 3 is 2.35 bits per heavy atom. The third-order valence-electron chi connectivity index (χ3n) is 3.78. The Bertz CT molecular complexity index is 680. The molecule has 0 aliphatic rings. The molecule has 0 atom stereocenters. The molecular formula is C19H27IN4O2. The molecule has 0 bridgehead atoms. The number of benzene rings is 1. The standard InChI is InChI=1S/C19H26N4O2.HI/c1-20-19(23-13-10-16-6-4-5-11-21-16)22-12-9-15-7-8-17(24-2)18(14-15)25-3;/h4-8,11,14H,9-10,12-13H2,1-3H3,(H2,20,22,23);1H. The fourth-order valence-electron chi connectivity index (χ4n) is 2.44. The Kier molecular flexibility index (Phi) is 10.5. The van der Waals surface area contributed by atoms with Crippen LogP contribution in [0.2, 0.25) is 0 Å². The quantitative estimate of drug-likeness (QED) is 0.353. The van der Waals surface area contributed by atoms with Gasteiger partial charge in [0.15, 0.2) is 17.5 Å². The zero-order valence-electron chi connectivity index (χ0n) is 15.5. The highest BCUT2D eigenvalue weighted by Crippen LogP contribution is 2.27. The summed E-state index contributed by atoms with van der Waals surface area (Å²) >= 11 is 0. The molecule has 0 radical (unpaired) electrons. The number of pyridine rings is 1. The van der Waals surface area contributed by atoms with E-state index in [9.17, 15) is 0 Å². The molecule has 0 aliphatic heterocycles. The molecule has 7 heteroatoms. The largest absolute Gasteiger partial charge is 0.493 e. The third kappa shape index (κ3) is 7.07. The Morgan fingerprint density at radius 2 is 1.73 bits per heavy atom. The van der Waals surface area contributed by atoms with Crippen molar-refractivity contribution >= 4 is 29.9 Å². The van der Waals surface area contributed by atoms with Crippen molar-refractivity contribution in [2.75, 3.05) is 34.4 Å². The first kappa shape index (κ1) is 22.0. The lowest BCUT2D eigenvalue weighted by molar-refractivity contribution is 0.354. The number of ether oxygens (including phenoxy) is 2. The maximum atomic E-state index is 5.33. The summed E-state index contributed by atoms with van der Waals surface area (Å²) in [4.78, 5) is 8.55. The number of rotatable bonds is 8. The van der Waals surface area contributed by atoms with Gasteiger partial charge in [-0.1, -0.05) is 12.1 Å². The van der Waals surface area contributed by atoms with E-state index in [1.165, 1.54) is 5.56 Å². The summed E-state index contributed by atoms with van der Waals surface area (Å²) in [5.41, 5.74) is 2.24. The number of nitrogens with one attached hydrogen (secondary N) is 2. The predicted octanol–water partition coefficient (Wildman–Crippen LogP) is 2.67. The van der Waals surface area contributed by atoms with Gasteiger partial charge in [-0.15, -0.1) is 24.0 Å². The Balaban J connectivity index is 0.00000338. The van der Waals surface area contributed by atoms with Crippen LogP contribution in [0.4, 0.5) is 0 Å². The van der Waals surface area contributed by atoms with Gasteiger partial charge in [-0.3, -0.25) is 9.98 Å². The van der Waals surface area contributed by atoms with Crippen LogP contribution < -0.4 is 20.1 Å². The van der Waals surface area contributed by atoms with Crippen molar-refractivity contribution < 1.29 is 9.47 Å². The average molecular weight is 470 g/mol. The van der Waals surface area contributed by atoms with Crippen LogP contribution in [0.3, 0.4) is 0 Å². The zero-order valence-corrected chi connectivity index (χ0v) is 17.8. The number of methoxy groups -OCH3 is 2. The SMILES string of the molecule is CN=C(NCCc1ccc(OC)c(OC)c1)NCCc1ccccn1.I. The number of aromatic nitrogens is 1. The van der Waals surface area contributed by atoms with Crippen LogP contribution in [-0.4, -0.2) is 45.3 Å². The lowest BCUT2D eigenvalue weighted by atomic mass is 10.1.